The molecular weight excluding hydrogens is 288 g/mol. The van der Waals surface area contributed by atoms with Crippen LogP contribution in [-0.2, 0) is 0 Å². The van der Waals surface area contributed by atoms with Gasteiger partial charge in [0.1, 0.15) is 0 Å². The summed E-state index contributed by atoms with van der Waals surface area (Å²) in [6.45, 7) is 5.52. The van der Waals surface area contributed by atoms with Crippen LogP contribution in [0.3, 0.4) is 0 Å². The first-order valence-corrected chi connectivity index (χ1v) is 6.91. The number of aliphatic hydroxyl groups is 2. The minimum Gasteiger partial charge on any atom is -0.392 e. The summed E-state index contributed by atoms with van der Waals surface area (Å²) in [6, 6.07) is 5.85. The van der Waals surface area contributed by atoms with Gasteiger partial charge in [-0.05, 0) is 31.5 Å². The van der Waals surface area contributed by atoms with Crippen LogP contribution in [0.25, 0.3) is 0 Å². The fraction of sp³-hybridized carbons (Fsp3) is 0.500. The van der Waals surface area contributed by atoms with E-state index in [0.717, 1.165) is 14.9 Å². The number of aliphatic hydroxyl groups excluding tert-OH is 2. The zero-order chi connectivity index (χ0) is 12.3. The Hall–Kier alpha value is -0.0300. The molecule has 2 nitrogen and oxygen atoms in total. The number of hydrogen-bond acceptors (Lipinski definition) is 3. The highest BCUT2D eigenvalue weighted by Gasteiger charge is 2.12. The van der Waals surface area contributed by atoms with Crippen molar-refractivity contribution < 1.29 is 10.2 Å². The third-order valence-corrected chi connectivity index (χ3v) is 4.40. The zero-order valence-corrected chi connectivity index (χ0v) is 12.0. The lowest BCUT2D eigenvalue weighted by atomic mass is 10.1. The molecule has 1 aromatic rings. The molecule has 16 heavy (non-hydrogen) atoms. The van der Waals surface area contributed by atoms with E-state index in [4.69, 9.17) is 0 Å². The molecule has 0 spiro atoms. The molecule has 0 aliphatic carbocycles. The minimum absolute atomic E-state index is 0.157. The van der Waals surface area contributed by atoms with Gasteiger partial charge in [-0.2, -0.15) is 0 Å². The highest BCUT2D eigenvalue weighted by atomic mass is 79.9. The van der Waals surface area contributed by atoms with Crippen LogP contribution in [0.4, 0.5) is 0 Å². The molecule has 1 aromatic carbocycles. The summed E-state index contributed by atoms with van der Waals surface area (Å²) < 4.78 is 0.908. The van der Waals surface area contributed by atoms with E-state index in [9.17, 15) is 10.2 Å². The van der Waals surface area contributed by atoms with E-state index in [1.54, 1.807) is 25.6 Å². The van der Waals surface area contributed by atoms with Crippen molar-refractivity contribution in [3.05, 3.63) is 28.2 Å². The number of rotatable bonds is 4. The molecule has 0 radical (unpaired) electrons. The fourth-order valence-corrected chi connectivity index (χ4v) is 3.05. The van der Waals surface area contributed by atoms with Crippen LogP contribution in [0.1, 0.15) is 32.4 Å². The standard InChI is InChI=1S/C12H17BrO2S/c1-7(14)9(3)16-10-4-5-11(8(2)15)12(13)6-10/h4-9,14-15H,1-3H3. The topological polar surface area (TPSA) is 40.5 Å². The van der Waals surface area contributed by atoms with Crippen molar-refractivity contribution >= 4 is 27.7 Å². The lowest BCUT2D eigenvalue weighted by Gasteiger charge is -2.15. The number of hydrogen-bond donors (Lipinski definition) is 2. The number of thioether (sulfide) groups is 1. The van der Waals surface area contributed by atoms with E-state index in [0.29, 0.717) is 0 Å². The second-order valence-electron chi connectivity index (χ2n) is 3.92. The smallest absolute Gasteiger partial charge is 0.0772 e. The summed E-state index contributed by atoms with van der Waals surface area (Å²) in [7, 11) is 0. The van der Waals surface area contributed by atoms with E-state index in [2.05, 4.69) is 15.9 Å². The third-order valence-electron chi connectivity index (χ3n) is 2.42. The van der Waals surface area contributed by atoms with Crippen LogP contribution in [0.15, 0.2) is 27.6 Å². The maximum atomic E-state index is 9.49. The summed E-state index contributed by atoms with van der Waals surface area (Å²) >= 11 is 5.06. The van der Waals surface area contributed by atoms with Gasteiger partial charge in [0.05, 0.1) is 12.2 Å². The molecule has 1 rings (SSSR count). The van der Waals surface area contributed by atoms with Crippen LogP contribution in [0.5, 0.6) is 0 Å². The Kier molecular flexibility index (Phi) is 5.31. The van der Waals surface area contributed by atoms with Crippen LogP contribution < -0.4 is 0 Å². The van der Waals surface area contributed by atoms with E-state index >= 15 is 0 Å². The van der Waals surface area contributed by atoms with Gasteiger partial charge in [0.2, 0.25) is 0 Å². The first kappa shape index (κ1) is 14.0. The summed E-state index contributed by atoms with van der Waals surface area (Å²) in [5.41, 5.74) is 0.883. The monoisotopic (exact) mass is 304 g/mol. The fourth-order valence-electron chi connectivity index (χ4n) is 1.23. The molecule has 0 aromatic heterocycles. The van der Waals surface area contributed by atoms with Gasteiger partial charge in [-0.1, -0.05) is 28.9 Å². The van der Waals surface area contributed by atoms with E-state index in [1.807, 2.05) is 25.1 Å². The molecule has 0 saturated carbocycles. The van der Waals surface area contributed by atoms with Crippen molar-refractivity contribution in [1.29, 1.82) is 0 Å². The predicted octanol–water partition coefficient (Wildman–Crippen LogP) is 3.36. The predicted molar refractivity (Wildman–Crippen MR) is 71.8 cm³/mol. The van der Waals surface area contributed by atoms with E-state index < -0.39 is 6.10 Å². The van der Waals surface area contributed by atoms with Gasteiger partial charge in [0.25, 0.3) is 0 Å². The second-order valence-corrected chi connectivity index (χ2v) is 6.23. The SMILES string of the molecule is CC(O)c1ccc(SC(C)C(C)O)cc1Br. The van der Waals surface area contributed by atoms with Crippen molar-refractivity contribution in [3.8, 4) is 0 Å². The second kappa shape index (κ2) is 6.05. The van der Waals surface area contributed by atoms with E-state index in [-0.39, 0.29) is 11.4 Å². The van der Waals surface area contributed by atoms with Crippen LogP contribution in [0.2, 0.25) is 0 Å². The Morgan fingerprint density at radius 3 is 2.25 bits per heavy atom. The third kappa shape index (κ3) is 3.77. The van der Waals surface area contributed by atoms with Gasteiger partial charge >= 0.3 is 0 Å². The van der Waals surface area contributed by atoms with Gasteiger partial charge in [-0.3, -0.25) is 0 Å². The van der Waals surface area contributed by atoms with Gasteiger partial charge < -0.3 is 10.2 Å². The quantitative estimate of drug-likeness (QED) is 0.838. The van der Waals surface area contributed by atoms with Crippen LogP contribution in [0, 0.1) is 0 Å². The van der Waals surface area contributed by atoms with Crippen LogP contribution in [-0.4, -0.2) is 21.6 Å². The maximum Gasteiger partial charge on any atom is 0.0772 e. The number of benzene rings is 1. The average molecular weight is 305 g/mol. The summed E-state index contributed by atoms with van der Waals surface area (Å²) in [5, 5.41) is 19.1. The highest BCUT2D eigenvalue weighted by molar-refractivity contribution is 9.10. The van der Waals surface area contributed by atoms with Gasteiger partial charge in [0, 0.05) is 14.6 Å². The molecule has 0 aliphatic heterocycles. The Bertz CT molecular complexity index is 353. The summed E-state index contributed by atoms with van der Waals surface area (Å²) in [6.07, 6.45) is -0.803. The summed E-state index contributed by atoms with van der Waals surface area (Å²) in [4.78, 5) is 1.09. The molecule has 2 N–H and O–H groups in total. The van der Waals surface area contributed by atoms with Crippen molar-refractivity contribution in [2.45, 2.75) is 43.1 Å². The summed E-state index contributed by atoms with van der Waals surface area (Å²) in [5.74, 6) is 0. The molecule has 0 amide bonds. The van der Waals surface area contributed by atoms with Crippen molar-refractivity contribution in [1.82, 2.24) is 0 Å². The molecule has 0 saturated heterocycles. The molecule has 0 bridgehead atoms. The Morgan fingerprint density at radius 1 is 1.19 bits per heavy atom. The maximum absolute atomic E-state index is 9.49. The van der Waals surface area contributed by atoms with Crippen molar-refractivity contribution in [2.24, 2.45) is 0 Å². The molecule has 0 fully saturated rings. The van der Waals surface area contributed by atoms with Gasteiger partial charge in [-0.25, -0.2) is 0 Å². The zero-order valence-electron chi connectivity index (χ0n) is 9.64. The average Bonchev–Trinajstić information content (AvgIpc) is 2.16. The minimum atomic E-state index is -0.470. The van der Waals surface area contributed by atoms with Gasteiger partial charge in [0.15, 0.2) is 0 Å². The Labute approximate surface area is 109 Å². The normalized spacial score (nSPS) is 16.9. The molecule has 0 heterocycles. The molecule has 3 atom stereocenters. The van der Waals surface area contributed by atoms with Gasteiger partial charge in [-0.15, -0.1) is 11.8 Å². The van der Waals surface area contributed by atoms with Crippen molar-refractivity contribution in [3.63, 3.8) is 0 Å². The Balaban J connectivity index is 2.81. The largest absolute Gasteiger partial charge is 0.392 e. The first-order valence-electron chi connectivity index (χ1n) is 5.24. The van der Waals surface area contributed by atoms with Crippen LogP contribution >= 0.6 is 27.7 Å². The molecule has 90 valence electrons. The number of halogens is 1. The lowest BCUT2D eigenvalue weighted by molar-refractivity contribution is 0.196. The molecule has 3 unspecified atom stereocenters. The first-order chi connectivity index (χ1) is 7.41. The molecule has 4 heteroatoms. The Morgan fingerprint density at radius 2 is 1.81 bits per heavy atom. The molecule has 0 aliphatic rings. The highest BCUT2D eigenvalue weighted by Crippen LogP contribution is 2.31. The molecular formula is C12H17BrO2S. The lowest BCUT2D eigenvalue weighted by Crippen LogP contribution is -2.14. The van der Waals surface area contributed by atoms with Crippen molar-refractivity contribution in [2.75, 3.05) is 0 Å². The van der Waals surface area contributed by atoms with E-state index in [1.165, 1.54) is 0 Å².